The third-order valence-corrected chi connectivity index (χ3v) is 6.49. The van der Waals surface area contributed by atoms with Crippen LogP contribution in [-0.2, 0) is 19.1 Å². The number of carbonyl (C=O) groups is 2. The van der Waals surface area contributed by atoms with Gasteiger partial charge in [-0.2, -0.15) is 0 Å². The van der Waals surface area contributed by atoms with Gasteiger partial charge in [0.25, 0.3) is 0 Å². The smallest absolute Gasteiger partial charge is 0.338 e. The summed E-state index contributed by atoms with van der Waals surface area (Å²) in [7, 11) is 1.30. The van der Waals surface area contributed by atoms with Crippen molar-refractivity contribution in [2.45, 2.75) is 12.1 Å². The van der Waals surface area contributed by atoms with Crippen molar-refractivity contribution in [2.75, 3.05) is 33.4 Å². The van der Waals surface area contributed by atoms with Crippen LogP contribution in [0.5, 0.6) is 0 Å². The number of esters is 1. The molecule has 2 aliphatic rings. The highest BCUT2D eigenvalue weighted by Gasteiger charge is 2.35. The van der Waals surface area contributed by atoms with E-state index in [1.807, 2.05) is 5.38 Å². The Morgan fingerprint density at radius 3 is 3.03 bits per heavy atom. The standard InChI is InChI=1S/C23H22ClFN4O4S/c1-32-23(31)19-18(13-29-7-9-33-15(12-29)3-2-8-30)27-21(22-26-6-10-34-22)28-20(19)16-5-4-14(25)11-17(16)24/h2-6,8,10-11,15,20H,7,9,12-13H2,1H3,(H,27,28)/b3-2+/t15-,20+/m1/s1. The van der Waals surface area contributed by atoms with Crippen LogP contribution in [-0.4, -0.2) is 67.4 Å². The zero-order chi connectivity index (χ0) is 24.1. The van der Waals surface area contributed by atoms with E-state index in [-0.39, 0.29) is 16.7 Å². The van der Waals surface area contributed by atoms with Gasteiger partial charge >= 0.3 is 5.97 Å². The Kier molecular flexibility index (Phi) is 7.84. The first-order chi connectivity index (χ1) is 16.5. The summed E-state index contributed by atoms with van der Waals surface area (Å²) in [6.07, 6.45) is 5.23. The van der Waals surface area contributed by atoms with E-state index in [1.54, 1.807) is 12.3 Å². The fraction of sp³-hybridized carbons (Fsp3) is 0.304. The number of benzene rings is 1. The van der Waals surface area contributed by atoms with Gasteiger partial charge in [-0.15, -0.1) is 11.3 Å². The number of amidine groups is 1. The van der Waals surface area contributed by atoms with E-state index in [1.165, 1.54) is 42.7 Å². The molecule has 178 valence electrons. The van der Waals surface area contributed by atoms with Gasteiger partial charge in [0, 0.05) is 47.5 Å². The second kappa shape index (κ2) is 11.0. The van der Waals surface area contributed by atoms with Crippen LogP contribution in [0.2, 0.25) is 5.02 Å². The van der Waals surface area contributed by atoms with Crippen LogP contribution in [0.15, 0.2) is 58.2 Å². The quantitative estimate of drug-likeness (QED) is 0.352. The molecule has 4 rings (SSSR count). The van der Waals surface area contributed by atoms with Crippen molar-refractivity contribution in [3.8, 4) is 0 Å². The minimum atomic E-state index is -0.817. The third-order valence-electron chi connectivity index (χ3n) is 5.39. The summed E-state index contributed by atoms with van der Waals surface area (Å²) in [6.45, 7) is 1.97. The van der Waals surface area contributed by atoms with Crippen LogP contribution < -0.4 is 5.32 Å². The molecular weight excluding hydrogens is 483 g/mol. The van der Waals surface area contributed by atoms with Crippen LogP contribution in [0.3, 0.4) is 0 Å². The molecule has 0 unspecified atom stereocenters. The number of carbonyl (C=O) groups excluding carboxylic acids is 2. The lowest BCUT2D eigenvalue weighted by Crippen LogP contribution is -2.46. The van der Waals surface area contributed by atoms with Crippen LogP contribution in [0.4, 0.5) is 4.39 Å². The van der Waals surface area contributed by atoms with E-state index in [2.05, 4.69) is 15.2 Å². The second-order valence-corrected chi connectivity index (χ2v) is 8.86. The van der Waals surface area contributed by atoms with Gasteiger partial charge in [0.2, 0.25) is 0 Å². The van der Waals surface area contributed by atoms with E-state index in [0.29, 0.717) is 54.6 Å². The number of halogens is 2. The van der Waals surface area contributed by atoms with Crippen molar-refractivity contribution < 1.29 is 23.5 Å². The maximum atomic E-state index is 13.8. The summed E-state index contributed by atoms with van der Waals surface area (Å²) >= 11 is 7.77. The average molecular weight is 505 g/mol. The Bertz CT molecular complexity index is 1150. The normalized spacial score (nSPS) is 21.3. The highest BCUT2D eigenvalue weighted by atomic mass is 35.5. The number of aromatic nitrogens is 1. The van der Waals surface area contributed by atoms with Crippen molar-refractivity contribution in [3.63, 3.8) is 0 Å². The molecule has 0 radical (unpaired) electrons. The summed E-state index contributed by atoms with van der Waals surface area (Å²) in [6, 6.07) is 3.18. The third kappa shape index (κ3) is 5.41. The zero-order valence-corrected chi connectivity index (χ0v) is 19.8. The molecule has 1 saturated heterocycles. The molecule has 2 aliphatic heterocycles. The summed E-state index contributed by atoms with van der Waals surface area (Å²) in [4.78, 5) is 34.8. The van der Waals surface area contributed by atoms with Gasteiger partial charge in [-0.05, 0) is 18.2 Å². The first-order valence-electron chi connectivity index (χ1n) is 10.5. The molecule has 34 heavy (non-hydrogen) atoms. The van der Waals surface area contributed by atoms with Gasteiger partial charge in [-0.25, -0.2) is 14.2 Å². The van der Waals surface area contributed by atoms with Crippen molar-refractivity contribution in [2.24, 2.45) is 4.99 Å². The summed E-state index contributed by atoms with van der Waals surface area (Å²) < 4.78 is 24.5. The minimum absolute atomic E-state index is 0.153. The predicted molar refractivity (Wildman–Crippen MR) is 126 cm³/mol. The van der Waals surface area contributed by atoms with E-state index in [0.717, 1.165) is 0 Å². The van der Waals surface area contributed by atoms with Crippen LogP contribution in [0.25, 0.3) is 0 Å². The molecule has 0 spiro atoms. The van der Waals surface area contributed by atoms with Crippen molar-refractivity contribution in [3.05, 3.63) is 74.6 Å². The average Bonchev–Trinajstić information content (AvgIpc) is 3.37. The van der Waals surface area contributed by atoms with Crippen molar-refractivity contribution in [1.29, 1.82) is 0 Å². The molecule has 2 atom stereocenters. The van der Waals surface area contributed by atoms with Gasteiger partial charge in [0.15, 0.2) is 10.8 Å². The number of allylic oxidation sites excluding steroid dienone is 1. The second-order valence-electron chi connectivity index (χ2n) is 7.56. The van der Waals surface area contributed by atoms with Crippen LogP contribution in [0, 0.1) is 5.82 Å². The lowest BCUT2D eigenvalue weighted by atomic mass is 9.95. The van der Waals surface area contributed by atoms with Crippen molar-refractivity contribution in [1.82, 2.24) is 15.2 Å². The first kappa shape index (κ1) is 24.2. The SMILES string of the molecule is COC(=O)C1=C(CN2CCO[C@H](/C=C/C=O)C2)NC(c2nccs2)=N[C@H]1c1ccc(F)cc1Cl. The number of hydrogen-bond acceptors (Lipinski definition) is 9. The van der Waals surface area contributed by atoms with E-state index < -0.39 is 17.8 Å². The summed E-state index contributed by atoms with van der Waals surface area (Å²) in [5.41, 5.74) is 1.34. The van der Waals surface area contributed by atoms with Gasteiger partial charge in [-0.1, -0.05) is 23.7 Å². The number of morpholine rings is 1. The number of aldehydes is 1. The minimum Gasteiger partial charge on any atom is -0.466 e. The van der Waals surface area contributed by atoms with Crippen LogP contribution in [0.1, 0.15) is 16.6 Å². The number of nitrogens with zero attached hydrogens (tertiary/aromatic N) is 3. The summed E-state index contributed by atoms with van der Waals surface area (Å²) in [5.74, 6) is -0.576. The molecule has 1 aromatic carbocycles. The highest BCUT2D eigenvalue weighted by molar-refractivity contribution is 7.11. The molecule has 11 heteroatoms. The maximum absolute atomic E-state index is 13.8. The van der Waals surface area contributed by atoms with E-state index in [4.69, 9.17) is 26.1 Å². The first-order valence-corrected chi connectivity index (χ1v) is 11.7. The molecular formula is C23H22ClFN4O4S. The Balaban J connectivity index is 1.75. The fourth-order valence-corrected chi connectivity index (χ4v) is 4.71. The molecule has 1 aromatic heterocycles. The lowest BCUT2D eigenvalue weighted by Gasteiger charge is -2.34. The molecule has 0 aliphatic carbocycles. The van der Waals surface area contributed by atoms with Gasteiger partial charge < -0.3 is 14.8 Å². The van der Waals surface area contributed by atoms with E-state index >= 15 is 0 Å². The number of ether oxygens (including phenoxy) is 2. The monoisotopic (exact) mass is 504 g/mol. The highest BCUT2D eigenvalue weighted by Crippen LogP contribution is 2.36. The maximum Gasteiger partial charge on any atom is 0.338 e. The molecule has 3 heterocycles. The molecule has 1 N–H and O–H groups in total. The summed E-state index contributed by atoms with van der Waals surface area (Å²) in [5, 5.41) is 5.87. The molecule has 0 bridgehead atoms. The number of rotatable bonds is 7. The largest absolute Gasteiger partial charge is 0.466 e. The zero-order valence-electron chi connectivity index (χ0n) is 18.2. The molecule has 2 aromatic rings. The van der Waals surface area contributed by atoms with Gasteiger partial charge in [-0.3, -0.25) is 14.7 Å². The lowest BCUT2D eigenvalue weighted by molar-refractivity contribution is -0.136. The number of thiazole rings is 1. The fourth-order valence-electron chi connectivity index (χ4n) is 3.85. The van der Waals surface area contributed by atoms with Gasteiger partial charge in [0.05, 0.1) is 25.4 Å². The Morgan fingerprint density at radius 1 is 1.47 bits per heavy atom. The molecule has 0 saturated carbocycles. The Hall–Kier alpha value is -2.92. The number of hydrogen-bond donors (Lipinski definition) is 1. The topological polar surface area (TPSA) is 93.1 Å². The van der Waals surface area contributed by atoms with E-state index in [9.17, 15) is 14.0 Å². The Labute approximate surface area is 204 Å². The van der Waals surface area contributed by atoms with Crippen LogP contribution >= 0.6 is 22.9 Å². The number of nitrogens with one attached hydrogen (secondary N) is 1. The number of methoxy groups -OCH3 is 1. The Morgan fingerprint density at radius 2 is 2.32 bits per heavy atom. The molecule has 1 fully saturated rings. The van der Waals surface area contributed by atoms with Gasteiger partial charge in [0.1, 0.15) is 18.1 Å². The van der Waals surface area contributed by atoms with Crippen molar-refractivity contribution >= 4 is 41.0 Å². The molecule has 8 nitrogen and oxygen atoms in total. The molecule has 0 amide bonds. The predicted octanol–water partition coefficient (Wildman–Crippen LogP) is 2.91. The number of aliphatic imine (C=N–C) groups is 1.